The van der Waals surface area contributed by atoms with Gasteiger partial charge in [-0.05, 0) is 19.0 Å². The van der Waals surface area contributed by atoms with Crippen LogP contribution in [-0.4, -0.2) is 13.1 Å². The third-order valence-corrected chi connectivity index (χ3v) is 5.50. The molecule has 0 heterocycles. The van der Waals surface area contributed by atoms with E-state index in [1.807, 2.05) is 0 Å². The van der Waals surface area contributed by atoms with Gasteiger partial charge < -0.3 is 11.1 Å². The molecule has 0 aromatic rings. The first-order chi connectivity index (χ1) is 13.4. The van der Waals surface area contributed by atoms with Crippen LogP contribution in [0.15, 0.2) is 12.3 Å². The number of unbranched alkanes of at least 4 members (excludes halogenated alkanes) is 19. The van der Waals surface area contributed by atoms with E-state index in [9.17, 15) is 0 Å². The summed E-state index contributed by atoms with van der Waals surface area (Å²) in [6, 6.07) is 0. The monoisotopic (exact) mass is 380 g/mol. The van der Waals surface area contributed by atoms with Gasteiger partial charge in [-0.3, -0.25) is 0 Å². The van der Waals surface area contributed by atoms with Crippen LogP contribution in [0.2, 0.25) is 0 Å². The van der Waals surface area contributed by atoms with Crippen molar-refractivity contribution in [1.29, 1.82) is 0 Å². The minimum atomic E-state index is 0.712. The molecule has 0 aromatic heterocycles. The van der Waals surface area contributed by atoms with E-state index in [1.165, 1.54) is 128 Å². The van der Waals surface area contributed by atoms with Crippen molar-refractivity contribution in [1.82, 2.24) is 5.32 Å². The normalized spacial score (nSPS) is 11.5. The Hall–Kier alpha value is -0.500. The Morgan fingerprint density at radius 2 is 0.926 bits per heavy atom. The Bertz CT molecular complexity index is 275. The Morgan fingerprint density at radius 3 is 1.30 bits per heavy atom. The minimum absolute atomic E-state index is 0.712. The lowest BCUT2D eigenvalue weighted by atomic mass is 10.0. The lowest BCUT2D eigenvalue weighted by Gasteiger charge is -2.04. The standard InChI is InChI=1S/C25H52N2/c1-2-3-4-5-6-7-8-9-10-11-12-13-14-15-16-17-18-19-20-21-22-24-27-25-23-26/h22,24,27H,2-21,23,25-26H2,1H3/b24-22+. The maximum absolute atomic E-state index is 5.42. The first-order valence-corrected chi connectivity index (χ1v) is 12.5. The van der Waals surface area contributed by atoms with Crippen molar-refractivity contribution in [2.45, 2.75) is 135 Å². The maximum Gasteiger partial charge on any atom is 0.0264 e. The fraction of sp³-hybridized carbons (Fsp3) is 0.920. The summed E-state index contributed by atoms with van der Waals surface area (Å²) in [5.74, 6) is 0. The van der Waals surface area contributed by atoms with Crippen LogP contribution < -0.4 is 11.1 Å². The second-order valence-corrected chi connectivity index (χ2v) is 8.30. The zero-order chi connectivity index (χ0) is 19.7. The van der Waals surface area contributed by atoms with E-state index >= 15 is 0 Å². The predicted octanol–water partition coefficient (Wildman–Crippen LogP) is 7.87. The molecular weight excluding hydrogens is 328 g/mol. The Balaban J connectivity index is 3.00. The van der Waals surface area contributed by atoms with Crippen molar-refractivity contribution < 1.29 is 0 Å². The van der Waals surface area contributed by atoms with Crippen molar-refractivity contribution in [2.75, 3.05) is 13.1 Å². The Labute approximate surface area is 172 Å². The first kappa shape index (κ1) is 26.5. The SMILES string of the molecule is CCCCCCCCCCCCCCCCCCCCC/C=C/NCCN. The number of rotatable bonds is 23. The number of nitrogens with two attached hydrogens (primary N) is 1. The van der Waals surface area contributed by atoms with Gasteiger partial charge in [0.1, 0.15) is 0 Å². The molecule has 0 spiro atoms. The highest BCUT2D eigenvalue weighted by molar-refractivity contribution is 4.79. The van der Waals surface area contributed by atoms with E-state index in [1.54, 1.807) is 0 Å². The molecule has 0 aliphatic rings. The van der Waals surface area contributed by atoms with E-state index in [4.69, 9.17) is 5.73 Å². The van der Waals surface area contributed by atoms with Gasteiger partial charge in [0, 0.05) is 13.1 Å². The third-order valence-electron chi connectivity index (χ3n) is 5.50. The summed E-state index contributed by atoms with van der Waals surface area (Å²) in [6.07, 6.45) is 33.0. The van der Waals surface area contributed by atoms with Crippen molar-refractivity contribution >= 4 is 0 Å². The van der Waals surface area contributed by atoms with Crippen LogP contribution >= 0.6 is 0 Å². The van der Waals surface area contributed by atoms with Crippen molar-refractivity contribution in [3.8, 4) is 0 Å². The van der Waals surface area contributed by atoms with Gasteiger partial charge in [0.05, 0.1) is 0 Å². The number of hydrogen-bond donors (Lipinski definition) is 2. The molecule has 0 rings (SSSR count). The average molecular weight is 381 g/mol. The van der Waals surface area contributed by atoms with Crippen LogP contribution in [0.5, 0.6) is 0 Å². The van der Waals surface area contributed by atoms with Gasteiger partial charge in [0.25, 0.3) is 0 Å². The van der Waals surface area contributed by atoms with Crippen molar-refractivity contribution in [3.63, 3.8) is 0 Å². The summed E-state index contributed by atoms with van der Waals surface area (Å²) in [4.78, 5) is 0. The van der Waals surface area contributed by atoms with Crippen molar-refractivity contribution in [3.05, 3.63) is 12.3 Å². The van der Waals surface area contributed by atoms with Gasteiger partial charge in [-0.15, -0.1) is 0 Å². The molecule has 0 saturated heterocycles. The second kappa shape index (κ2) is 25.5. The molecule has 0 saturated carbocycles. The zero-order valence-electron chi connectivity index (χ0n) is 18.8. The highest BCUT2D eigenvalue weighted by Gasteiger charge is 1.95. The van der Waals surface area contributed by atoms with E-state index < -0.39 is 0 Å². The summed E-state index contributed by atoms with van der Waals surface area (Å²) < 4.78 is 0. The molecule has 0 fully saturated rings. The van der Waals surface area contributed by atoms with Crippen molar-refractivity contribution in [2.24, 2.45) is 5.73 Å². The van der Waals surface area contributed by atoms with Crippen LogP contribution in [-0.2, 0) is 0 Å². The summed E-state index contributed by atoms with van der Waals surface area (Å²) in [5.41, 5.74) is 5.42. The second-order valence-electron chi connectivity index (χ2n) is 8.30. The Kier molecular flexibility index (Phi) is 25.0. The maximum atomic E-state index is 5.42. The molecular formula is C25H52N2. The smallest absolute Gasteiger partial charge is 0.0264 e. The topological polar surface area (TPSA) is 38.0 Å². The van der Waals surface area contributed by atoms with Gasteiger partial charge in [-0.2, -0.15) is 0 Å². The lowest BCUT2D eigenvalue weighted by Crippen LogP contribution is -2.16. The fourth-order valence-electron chi connectivity index (χ4n) is 3.67. The van der Waals surface area contributed by atoms with Gasteiger partial charge in [0.15, 0.2) is 0 Å². The molecule has 27 heavy (non-hydrogen) atoms. The van der Waals surface area contributed by atoms with Gasteiger partial charge in [-0.25, -0.2) is 0 Å². The molecule has 162 valence electrons. The van der Waals surface area contributed by atoms with E-state index in [0.717, 1.165) is 6.54 Å². The van der Waals surface area contributed by atoms with E-state index in [2.05, 4.69) is 24.5 Å². The van der Waals surface area contributed by atoms with Crippen LogP contribution in [0.1, 0.15) is 135 Å². The number of hydrogen-bond acceptors (Lipinski definition) is 2. The van der Waals surface area contributed by atoms with Crippen LogP contribution in [0, 0.1) is 0 Å². The molecule has 2 heteroatoms. The fourth-order valence-corrected chi connectivity index (χ4v) is 3.67. The van der Waals surface area contributed by atoms with Crippen LogP contribution in [0.25, 0.3) is 0 Å². The molecule has 3 N–H and O–H groups in total. The molecule has 2 nitrogen and oxygen atoms in total. The highest BCUT2D eigenvalue weighted by Crippen LogP contribution is 2.14. The lowest BCUT2D eigenvalue weighted by molar-refractivity contribution is 0.523. The molecule has 0 bridgehead atoms. The molecule has 0 aliphatic heterocycles. The molecule has 0 atom stereocenters. The molecule has 0 aromatic carbocycles. The quantitative estimate of drug-likeness (QED) is 0.177. The molecule has 0 unspecified atom stereocenters. The van der Waals surface area contributed by atoms with E-state index in [-0.39, 0.29) is 0 Å². The van der Waals surface area contributed by atoms with Gasteiger partial charge >= 0.3 is 0 Å². The van der Waals surface area contributed by atoms with Gasteiger partial charge in [-0.1, -0.05) is 129 Å². The number of nitrogens with one attached hydrogen (secondary N) is 1. The Morgan fingerprint density at radius 1 is 0.556 bits per heavy atom. The average Bonchev–Trinajstić information content (AvgIpc) is 2.68. The summed E-state index contributed by atoms with van der Waals surface area (Å²) >= 11 is 0. The number of allylic oxidation sites excluding steroid dienone is 1. The largest absolute Gasteiger partial charge is 0.390 e. The highest BCUT2D eigenvalue weighted by atomic mass is 14.8. The summed E-state index contributed by atoms with van der Waals surface area (Å²) in [7, 11) is 0. The summed E-state index contributed by atoms with van der Waals surface area (Å²) in [6.45, 7) is 3.89. The third kappa shape index (κ3) is 25.5. The van der Waals surface area contributed by atoms with Crippen LogP contribution in [0.3, 0.4) is 0 Å². The summed E-state index contributed by atoms with van der Waals surface area (Å²) in [5, 5.41) is 3.19. The molecule has 0 radical (unpaired) electrons. The van der Waals surface area contributed by atoms with Gasteiger partial charge in [0.2, 0.25) is 0 Å². The zero-order valence-corrected chi connectivity index (χ0v) is 18.8. The molecule has 0 amide bonds. The van der Waals surface area contributed by atoms with E-state index in [0.29, 0.717) is 6.54 Å². The first-order valence-electron chi connectivity index (χ1n) is 12.5. The minimum Gasteiger partial charge on any atom is -0.390 e. The van der Waals surface area contributed by atoms with Crippen LogP contribution in [0.4, 0.5) is 0 Å². The predicted molar refractivity (Wildman–Crippen MR) is 124 cm³/mol. The molecule has 0 aliphatic carbocycles.